The Hall–Kier alpha value is -0.813. The Kier molecular flexibility index (Phi) is 3.56. The molecule has 0 heterocycles. The van der Waals surface area contributed by atoms with Gasteiger partial charge in [-0.1, -0.05) is 50.0 Å². The van der Waals surface area contributed by atoms with E-state index < -0.39 is 26.5 Å². The van der Waals surface area contributed by atoms with Crippen LogP contribution in [0.5, 0.6) is 0 Å². The molecule has 1 nitrogen and oxygen atoms in total. The van der Waals surface area contributed by atoms with Crippen molar-refractivity contribution < 1.29 is 17.9 Å². The van der Waals surface area contributed by atoms with Crippen molar-refractivity contribution in [2.45, 2.75) is 43.4 Å². The first-order valence-electron chi connectivity index (χ1n) is 6.41. The molecule has 1 aliphatic carbocycles. The Morgan fingerprint density at radius 1 is 1.21 bits per heavy atom. The number of hydrogen-bond acceptors (Lipinski definition) is 1. The van der Waals surface area contributed by atoms with Crippen molar-refractivity contribution in [3.8, 4) is 0 Å². The number of rotatable bonds is 4. The summed E-state index contributed by atoms with van der Waals surface area (Å²) in [5, 5.41) is 0. The molecule has 1 saturated carbocycles. The predicted octanol–water partition coefficient (Wildman–Crippen LogP) is 4.57. The molecular weight excluding hydrogens is 269 g/mol. The zero-order chi connectivity index (χ0) is 14.3. The fourth-order valence-corrected chi connectivity index (χ4v) is 5.31. The number of hydrogen-bond donors (Lipinski definition) is 0. The van der Waals surface area contributed by atoms with Crippen molar-refractivity contribution in [1.82, 2.24) is 0 Å². The zero-order valence-corrected chi connectivity index (χ0v) is 12.4. The minimum absolute atomic E-state index is 0.254. The van der Waals surface area contributed by atoms with E-state index in [2.05, 4.69) is 19.6 Å². The lowest BCUT2D eigenvalue weighted by Crippen LogP contribution is -2.30. The molecule has 1 aromatic rings. The van der Waals surface area contributed by atoms with Gasteiger partial charge in [0, 0.05) is 0 Å². The molecular formula is C14H19F3OSi. The van der Waals surface area contributed by atoms with E-state index in [9.17, 15) is 13.2 Å². The van der Waals surface area contributed by atoms with Gasteiger partial charge in [0.25, 0.3) is 0 Å². The van der Waals surface area contributed by atoms with Crippen LogP contribution in [0, 0.1) is 0 Å². The van der Waals surface area contributed by atoms with Crippen LogP contribution >= 0.6 is 0 Å². The molecule has 2 atom stereocenters. The Balaban J connectivity index is 2.22. The van der Waals surface area contributed by atoms with Gasteiger partial charge in [-0.05, 0) is 17.5 Å². The second-order valence-electron chi connectivity index (χ2n) is 6.28. The number of ether oxygens (including phenoxy) is 1. The van der Waals surface area contributed by atoms with Gasteiger partial charge in [0.1, 0.15) is 6.61 Å². The molecule has 0 bridgehead atoms. The summed E-state index contributed by atoms with van der Waals surface area (Å²) in [6, 6.07) is 9.32. The van der Waals surface area contributed by atoms with Crippen molar-refractivity contribution in [2.75, 3.05) is 6.61 Å². The zero-order valence-electron chi connectivity index (χ0n) is 11.4. The van der Waals surface area contributed by atoms with E-state index >= 15 is 0 Å². The lowest BCUT2D eigenvalue weighted by atomic mass is 10.1. The summed E-state index contributed by atoms with van der Waals surface area (Å²) < 4.78 is 42.7. The van der Waals surface area contributed by atoms with Gasteiger partial charge in [-0.25, -0.2) is 0 Å². The molecule has 0 saturated heterocycles. The maximum atomic E-state index is 12.4. The van der Waals surface area contributed by atoms with Crippen molar-refractivity contribution in [3.05, 3.63) is 35.9 Å². The second kappa shape index (κ2) is 4.63. The highest BCUT2D eigenvalue weighted by Gasteiger charge is 2.62. The third-order valence-corrected chi connectivity index (χ3v) is 6.47. The van der Waals surface area contributed by atoms with E-state index in [0.717, 1.165) is 5.56 Å². The summed E-state index contributed by atoms with van der Waals surface area (Å²) >= 11 is 0. The topological polar surface area (TPSA) is 9.23 Å². The molecule has 0 aliphatic heterocycles. The second-order valence-corrected chi connectivity index (χ2v) is 11.7. The lowest BCUT2D eigenvalue weighted by molar-refractivity contribution is -0.191. The molecule has 0 amide bonds. The van der Waals surface area contributed by atoms with Crippen LogP contribution in [0.4, 0.5) is 13.2 Å². The fourth-order valence-electron chi connectivity index (χ4n) is 2.74. The molecule has 2 rings (SSSR count). The molecule has 1 aliphatic rings. The third kappa shape index (κ3) is 3.20. The summed E-state index contributed by atoms with van der Waals surface area (Å²) in [6.45, 7) is 5.38. The lowest BCUT2D eigenvalue weighted by Gasteiger charge is -2.25. The first kappa shape index (κ1) is 14.6. The van der Waals surface area contributed by atoms with Crippen LogP contribution in [0.15, 0.2) is 30.3 Å². The van der Waals surface area contributed by atoms with E-state index in [0.29, 0.717) is 6.42 Å². The van der Waals surface area contributed by atoms with Crippen LogP contribution < -0.4 is 0 Å². The maximum Gasteiger partial charge on any atom is 0.411 e. The van der Waals surface area contributed by atoms with Crippen LogP contribution in [-0.4, -0.2) is 20.9 Å². The summed E-state index contributed by atoms with van der Waals surface area (Å²) in [4.78, 5) is 0. The molecule has 19 heavy (non-hydrogen) atoms. The van der Waals surface area contributed by atoms with Gasteiger partial charge in [-0.3, -0.25) is 0 Å². The monoisotopic (exact) mass is 288 g/mol. The van der Waals surface area contributed by atoms with Crippen molar-refractivity contribution in [3.63, 3.8) is 0 Å². The molecule has 0 unspecified atom stereocenters. The predicted molar refractivity (Wildman–Crippen MR) is 71.8 cm³/mol. The average Bonchev–Trinajstić information content (AvgIpc) is 3.03. The molecule has 106 valence electrons. The largest absolute Gasteiger partial charge is 0.411 e. The van der Waals surface area contributed by atoms with E-state index in [4.69, 9.17) is 4.74 Å². The van der Waals surface area contributed by atoms with E-state index in [1.807, 2.05) is 30.3 Å². The van der Waals surface area contributed by atoms with Gasteiger partial charge in [0.05, 0.1) is 13.7 Å². The van der Waals surface area contributed by atoms with Crippen LogP contribution in [0.2, 0.25) is 25.2 Å². The Labute approximate surface area is 112 Å². The van der Waals surface area contributed by atoms with Gasteiger partial charge >= 0.3 is 6.18 Å². The molecule has 0 spiro atoms. The number of halogens is 3. The molecule has 1 aromatic carbocycles. The first-order chi connectivity index (χ1) is 8.65. The molecule has 5 heteroatoms. The average molecular weight is 288 g/mol. The van der Waals surface area contributed by atoms with Crippen molar-refractivity contribution in [2.24, 2.45) is 0 Å². The highest BCUT2D eigenvalue weighted by atomic mass is 28.3. The summed E-state index contributed by atoms with van der Waals surface area (Å²) in [5.74, 6) is 0. The quantitative estimate of drug-likeness (QED) is 0.737. The SMILES string of the molecule is C[Si](C)(C)[C@@H]1C[C@]1(OCC(F)(F)F)c1ccccc1. The van der Waals surface area contributed by atoms with Crippen molar-refractivity contribution >= 4 is 8.07 Å². The van der Waals surface area contributed by atoms with Gasteiger partial charge in [0.2, 0.25) is 0 Å². The summed E-state index contributed by atoms with van der Waals surface area (Å²) in [7, 11) is -1.53. The Morgan fingerprint density at radius 2 is 1.79 bits per heavy atom. The summed E-state index contributed by atoms with van der Waals surface area (Å²) in [6.07, 6.45) is -3.56. The number of benzene rings is 1. The fraction of sp³-hybridized carbons (Fsp3) is 0.571. The van der Waals surface area contributed by atoms with Gasteiger partial charge in [-0.2, -0.15) is 13.2 Å². The van der Waals surface area contributed by atoms with E-state index in [1.165, 1.54) is 0 Å². The van der Waals surface area contributed by atoms with Gasteiger partial charge in [0.15, 0.2) is 0 Å². The molecule has 0 aromatic heterocycles. The standard InChI is InChI=1S/C14H19F3OSi/c1-19(2,3)12-9-13(12,18-10-14(15,16)17)11-7-5-4-6-8-11/h4-8,12H,9-10H2,1-3H3/t12-,13+/m1/s1. The van der Waals surface area contributed by atoms with Crippen LogP contribution in [-0.2, 0) is 10.3 Å². The van der Waals surface area contributed by atoms with Crippen LogP contribution in [0.3, 0.4) is 0 Å². The molecule has 1 fully saturated rings. The minimum Gasteiger partial charge on any atom is -0.361 e. The third-order valence-electron chi connectivity index (χ3n) is 3.71. The smallest absolute Gasteiger partial charge is 0.361 e. The Morgan fingerprint density at radius 3 is 2.21 bits per heavy atom. The summed E-state index contributed by atoms with van der Waals surface area (Å²) in [5.41, 5.74) is 0.428. The van der Waals surface area contributed by atoms with E-state index in [-0.39, 0.29) is 5.54 Å². The van der Waals surface area contributed by atoms with Crippen LogP contribution in [0.1, 0.15) is 12.0 Å². The maximum absolute atomic E-state index is 12.4. The minimum atomic E-state index is -4.27. The van der Waals surface area contributed by atoms with Gasteiger partial charge < -0.3 is 4.74 Å². The molecule has 0 radical (unpaired) electrons. The van der Waals surface area contributed by atoms with Gasteiger partial charge in [-0.15, -0.1) is 0 Å². The number of alkyl halides is 3. The van der Waals surface area contributed by atoms with Crippen LogP contribution in [0.25, 0.3) is 0 Å². The highest BCUT2D eigenvalue weighted by Crippen LogP contribution is 2.64. The normalized spacial score (nSPS) is 27.4. The van der Waals surface area contributed by atoms with Crippen molar-refractivity contribution in [1.29, 1.82) is 0 Å². The highest BCUT2D eigenvalue weighted by molar-refractivity contribution is 6.78. The first-order valence-corrected chi connectivity index (χ1v) is 9.99. The van der Waals surface area contributed by atoms with E-state index in [1.54, 1.807) is 0 Å². The Bertz CT molecular complexity index is 438. The molecule has 0 N–H and O–H groups in total.